The van der Waals surface area contributed by atoms with Gasteiger partial charge in [0.05, 0.1) is 12.1 Å². The smallest absolute Gasteiger partial charge is 0.0661 e. The molecule has 2 heteroatoms. The number of hydrogen-bond acceptors (Lipinski definition) is 2. The largest absolute Gasteiger partial charge is 0.394 e. The first kappa shape index (κ1) is 12.1. The third-order valence-electron chi connectivity index (χ3n) is 3.17. The van der Waals surface area contributed by atoms with Crippen molar-refractivity contribution in [1.82, 2.24) is 0 Å². The van der Waals surface area contributed by atoms with Crippen molar-refractivity contribution in [2.24, 2.45) is 5.92 Å². The zero-order valence-electron chi connectivity index (χ0n) is 10.0. The normalized spacial score (nSPS) is 15.1. The lowest BCUT2D eigenvalue weighted by molar-refractivity contribution is 0.186. The van der Waals surface area contributed by atoms with Gasteiger partial charge in [0.1, 0.15) is 0 Å². The fraction of sp³-hybridized carbons (Fsp3) is 0.538. The minimum atomic E-state index is -0.258. The van der Waals surface area contributed by atoms with Crippen LogP contribution in [0.2, 0.25) is 0 Å². The molecule has 1 unspecified atom stereocenters. The summed E-state index contributed by atoms with van der Waals surface area (Å²) in [6.45, 7) is 8.48. The summed E-state index contributed by atoms with van der Waals surface area (Å²) in [7, 11) is 0. The topological polar surface area (TPSA) is 32.3 Å². The summed E-state index contributed by atoms with van der Waals surface area (Å²) >= 11 is 0. The predicted molar refractivity (Wildman–Crippen MR) is 65.1 cm³/mol. The zero-order valence-corrected chi connectivity index (χ0v) is 10.0. The Morgan fingerprint density at radius 3 is 2.40 bits per heavy atom. The highest BCUT2D eigenvalue weighted by atomic mass is 16.3. The van der Waals surface area contributed by atoms with Crippen LogP contribution in [0, 0.1) is 12.8 Å². The highest BCUT2D eigenvalue weighted by molar-refractivity contribution is 5.52. The molecule has 1 aromatic carbocycles. The van der Waals surface area contributed by atoms with Crippen LogP contribution in [-0.2, 0) is 0 Å². The number of para-hydroxylation sites is 1. The second-order valence-corrected chi connectivity index (χ2v) is 4.67. The lowest BCUT2D eigenvalue weighted by Crippen LogP contribution is -2.44. The van der Waals surface area contributed by atoms with Gasteiger partial charge in [0.25, 0.3) is 0 Å². The van der Waals surface area contributed by atoms with Crippen molar-refractivity contribution in [3.63, 3.8) is 0 Å². The van der Waals surface area contributed by atoms with Gasteiger partial charge in [-0.15, -0.1) is 0 Å². The summed E-state index contributed by atoms with van der Waals surface area (Å²) in [5, 5.41) is 12.9. The third kappa shape index (κ3) is 2.72. The van der Waals surface area contributed by atoms with E-state index in [4.69, 9.17) is 0 Å². The number of aryl methyl sites for hydroxylation is 1. The van der Waals surface area contributed by atoms with Crippen molar-refractivity contribution in [2.45, 2.75) is 33.2 Å². The van der Waals surface area contributed by atoms with Gasteiger partial charge >= 0.3 is 0 Å². The molecule has 2 nitrogen and oxygen atoms in total. The number of hydrogen-bond donors (Lipinski definition) is 2. The maximum atomic E-state index is 9.45. The molecule has 1 atom stereocenters. The number of aliphatic hydroxyl groups excluding tert-OH is 1. The molecule has 0 saturated carbocycles. The Morgan fingerprint density at radius 1 is 1.33 bits per heavy atom. The Morgan fingerprint density at radius 2 is 1.93 bits per heavy atom. The Balaban J connectivity index is 2.89. The minimum Gasteiger partial charge on any atom is -0.394 e. The summed E-state index contributed by atoms with van der Waals surface area (Å²) in [4.78, 5) is 0. The highest BCUT2D eigenvalue weighted by Gasteiger charge is 2.27. The summed E-state index contributed by atoms with van der Waals surface area (Å²) in [5.41, 5.74) is 2.05. The summed E-state index contributed by atoms with van der Waals surface area (Å²) in [6, 6.07) is 8.14. The molecule has 0 fully saturated rings. The lowest BCUT2D eigenvalue weighted by atomic mass is 9.89. The molecule has 0 radical (unpaired) electrons. The van der Waals surface area contributed by atoms with Crippen LogP contribution < -0.4 is 5.32 Å². The SMILES string of the molecule is Cc1ccccc1NC(C)(CO)C(C)C. The molecule has 1 rings (SSSR count). The van der Waals surface area contributed by atoms with E-state index in [-0.39, 0.29) is 12.1 Å². The molecule has 0 aliphatic carbocycles. The van der Waals surface area contributed by atoms with Gasteiger partial charge in [-0.05, 0) is 31.4 Å². The van der Waals surface area contributed by atoms with Gasteiger partial charge in [0.15, 0.2) is 0 Å². The Kier molecular flexibility index (Phi) is 3.75. The van der Waals surface area contributed by atoms with E-state index in [0.29, 0.717) is 5.92 Å². The van der Waals surface area contributed by atoms with Gasteiger partial charge in [0, 0.05) is 5.69 Å². The first-order valence-corrected chi connectivity index (χ1v) is 5.44. The van der Waals surface area contributed by atoms with Crippen LogP contribution in [0.1, 0.15) is 26.3 Å². The second-order valence-electron chi connectivity index (χ2n) is 4.67. The first-order valence-electron chi connectivity index (χ1n) is 5.44. The molecule has 0 heterocycles. The van der Waals surface area contributed by atoms with E-state index in [1.165, 1.54) is 5.56 Å². The standard InChI is InChI=1S/C13H21NO/c1-10(2)13(4,9-15)14-12-8-6-5-7-11(12)3/h5-8,10,14-15H,9H2,1-4H3. The maximum absolute atomic E-state index is 9.45. The molecule has 84 valence electrons. The summed E-state index contributed by atoms with van der Waals surface area (Å²) in [6.07, 6.45) is 0. The molecular formula is C13H21NO. The molecule has 0 bridgehead atoms. The van der Waals surface area contributed by atoms with Crippen molar-refractivity contribution >= 4 is 5.69 Å². The van der Waals surface area contributed by atoms with Crippen molar-refractivity contribution in [2.75, 3.05) is 11.9 Å². The number of aliphatic hydroxyl groups is 1. The quantitative estimate of drug-likeness (QED) is 0.795. The van der Waals surface area contributed by atoms with Crippen LogP contribution in [0.5, 0.6) is 0 Å². The van der Waals surface area contributed by atoms with Gasteiger partial charge in [0.2, 0.25) is 0 Å². The van der Waals surface area contributed by atoms with Crippen molar-refractivity contribution in [3.05, 3.63) is 29.8 Å². The van der Waals surface area contributed by atoms with Crippen molar-refractivity contribution in [3.8, 4) is 0 Å². The van der Waals surface area contributed by atoms with E-state index in [1.807, 2.05) is 25.1 Å². The van der Waals surface area contributed by atoms with Gasteiger partial charge in [-0.3, -0.25) is 0 Å². The Bertz CT molecular complexity index is 322. The average Bonchev–Trinajstić information content (AvgIpc) is 2.21. The first-order chi connectivity index (χ1) is 6.99. The average molecular weight is 207 g/mol. The molecule has 0 aliphatic heterocycles. The van der Waals surface area contributed by atoms with Crippen LogP contribution in [0.25, 0.3) is 0 Å². The lowest BCUT2D eigenvalue weighted by Gasteiger charge is -2.34. The van der Waals surface area contributed by atoms with Crippen LogP contribution in [0.4, 0.5) is 5.69 Å². The zero-order chi connectivity index (χ0) is 11.5. The van der Waals surface area contributed by atoms with E-state index in [2.05, 4.69) is 32.2 Å². The Labute approximate surface area is 92.3 Å². The third-order valence-corrected chi connectivity index (χ3v) is 3.17. The molecule has 2 N–H and O–H groups in total. The predicted octanol–water partition coefficient (Wildman–Crippen LogP) is 2.81. The number of rotatable bonds is 4. The fourth-order valence-electron chi connectivity index (χ4n) is 1.39. The van der Waals surface area contributed by atoms with E-state index in [1.54, 1.807) is 0 Å². The van der Waals surface area contributed by atoms with E-state index < -0.39 is 0 Å². The molecule has 0 saturated heterocycles. The molecule has 1 aromatic rings. The summed E-state index contributed by atoms with van der Waals surface area (Å²) in [5.74, 6) is 0.377. The second kappa shape index (κ2) is 4.67. The molecular weight excluding hydrogens is 186 g/mol. The van der Waals surface area contributed by atoms with Crippen LogP contribution in [0.15, 0.2) is 24.3 Å². The van der Waals surface area contributed by atoms with E-state index >= 15 is 0 Å². The number of anilines is 1. The monoisotopic (exact) mass is 207 g/mol. The molecule has 0 aliphatic rings. The van der Waals surface area contributed by atoms with Gasteiger partial charge in [-0.2, -0.15) is 0 Å². The van der Waals surface area contributed by atoms with Crippen molar-refractivity contribution < 1.29 is 5.11 Å². The molecule has 0 aromatic heterocycles. The molecule has 15 heavy (non-hydrogen) atoms. The molecule has 0 spiro atoms. The van der Waals surface area contributed by atoms with Gasteiger partial charge in [-0.25, -0.2) is 0 Å². The minimum absolute atomic E-state index is 0.138. The van der Waals surface area contributed by atoms with Crippen LogP contribution in [-0.4, -0.2) is 17.3 Å². The number of nitrogens with one attached hydrogen (secondary N) is 1. The van der Waals surface area contributed by atoms with Gasteiger partial charge < -0.3 is 10.4 Å². The van der Waals surface area contributed by atoms with Crippen LogP contribution in [0.3, 0.4) is 0 Å². The number of benzene rings is 1. The highest BCUT2D eigenvalue weighted by Crippen LogP contribution is 2.24. The molecule has 0 amide bonds. The maximum Gasteiger partial charge on any atom is 0.0661 e. The fourth-order valence-corrected chi connectivity index (χ4v) is 1.39. The van der Waals surface area contributed by atoms with Gasteiger partial charge in [-0.1, -0.05) is 32.0 Å². The van der Waals surface area contributed by atoms with Crippen molar-refractivity contribution in [1.29, 1.82) is 0 Å². The van der Waals surface area contributed by atoms with E-state index in [0.717, 1.165) is 5.69 Å². The van der Waals surface area contributed by atoms with Crippen LogP contribution >= 0.6 is 0 Å². The van der Waals surface area contributed by atoms with E-state index in [9.17, 15) is 5.11 Å². The Hall–Kier alpha value is -1.02. The summed E-state index contributed by atoms with van der Waals surface area (Å²) < 4.78 is 0.